The van der Waals surface area contributed by atoms with Crippen molar-refractivity contribution in [2.45, 2.75) is 39.3 Å². The van der Waals surface area contributed by atoms with Crippen LogP contribution < -0.4 is 0 Å². The molecule has 3 rings (SSSR count). The molecule has 2 aromatic rings. The molecule has 1 N–H and O–H groups in total. The Labute approximate surface area is 205 Å². The smallest absolute Gasteiger partial charge is 0.300 e. The van der Waals surface area contributed by atoms with Gasteiger partial charge in [0.15, 0.2) is 0 Å². The molecule has 32 heavy (non-hydrogen) atoms. The number of thioether (sulfide) groups is 1. The fourth-order valence-corrected chi connectivity index (χ4v) is 4.23. The van der Waals surface area contributed by atoms with E-state index in [0.29, 0.717) is 11.6 Å². The number of ether oxygens (including phenoxy) is 1. The molecule has 0 spiro atoms. The van der Waals surface area contributed by atoms with Crippen LogP contribution in [0.3, 0.4) is 0 Å². The molecule has 2 atom stereocenters. The Balaban J connectivity index is 0.000000382. The first kappa shape index (κ1) is 28.3. The topological polar surface area (TPSA) is 66.8 Å². The van der Waals surface area contributed by atoms with Crippen LogP contribution in [0.25, 0.3) is 0 Å². The number of amides is 1. The van der Waals surface area contributed by atoms with E-state index in [4.69, 9.17) is 37.8 Å². The fourth-order valence-electron chi connectivity index (χ4n) is 3.05. The molecule has 1 amide bonds. The Kier molecular flexibility index (Phi) is 14.1. The molecule has 1 fully saturated rings. The summed E-state index contributed by atoms with van der Waals surface area (Å²) >= 11 is 13.4. The normalized spacial score (nSPS) is 16.2. The van der Waals surface area contributed by atoms with Crippen LogP contribution in [-0.4, -0.2) is 52.6 Å². The van der Waals surface area contributed by atoms with Gasteiger partial charge in [-0.1, -0.05) is 67.4 Å². The van der Waals surface area contributed by atoms with Crippen LogP contribution in [0.1, 0.15) is 38.8 Å². The Bertz CT molecular complexity index is 801. The Morgan fingerprint density at radius 2 is 1.69 bits per heavy atom. The van der Waals surface area contributed by atoms with Crippen LogP contribution in [0, 0.1) is 0 Å². The second-order valence-corrected chi connectivity index (χ2v) is 9.11. The molecule has 0 unspecified atom stereocenters. The Hall–Kier alpha value is -1.73. The summed E-state index contributed by atoms with van der Waals surface area (Å²) < 4.78 is 5.48. The first-order valence-electron chi connectivity index (χ1n) is 10.4. The lowest BCUT2D eigenvalue weighted by atomic mass is 10.0. The largest absolute Gasteiger partial charge is 0.481 e. The zero-order valence-corrected chi connectivity index (χ0v) is 21.0. The van der Waals surface area contributed by atoms with Gasteiger partial charge in [0.25, 0.3) is 5.97 Å². The van der Waals surface area contributed by atoms with Crippen molar-refractivity contribution in [3.8, 4) is 0 Å². The number of hydrogen-bond acceptors (Lipinski definition) is 4. The Morgan fingerprint density at radius 3 is 2.16 bits per heavy atom. The number of carboxylic acid groups (broad SMARTS) is 1. The number of aliphatic carboxylic acids is 1. The van der Waals surface area contributed by atoms with Gasteiger partial charge in [-0.05, 0) is 42.0 Å². The average Bonchev–Trinajstić information content (AvgIpc) is 2.76. The van der Waals surface area contributed by atoms with Crippen LogP contribution in [0.15, 0.2) is 54.6 Å². The van der Waals surface area contributed by atoms with Crippen molar-refractivity contribution in [2.24, 2.45) is 0 Å². The first-order chi connectivity index (χ1) is 15.3. The third-order valence-electron chi connectivity index (χ3n) is 4.49. The monoisotopic (exact) mass is 499 g/mol. The predicted octanol–water partition coefficient (Wildman–Crippen LogP) is 6.20. The summed E-state index contributed by atoms with van der Waals surface area (Å²) in [6, 6.07) is 17.4. The third kappa shape index (κ3) is 10.7. The zero-order valence-electron chi connectivity index (χ0n) is 18.7. The lowest BCUT2D eigenvalue weighted by Crippen LogP contribution is -2.50. The highest BCUT2D eigenvalue weighted by molar-refractivity contribution is 7.99. The van der Waals surface area contributed by atoms with E-state index in [1.165, 1.54) is 0 Å². The molecule has 8 heteroatoms. The standard InChI is InChI=1S/C16H22ClNO2S.C6H5Cl.C2H4O2/c1-3-14(11-21-4-2)18-15(9-20-10-16(18)19)12-5-7-13(17)8-6-12;7-6-4-2-1-3-5-6;1-2(3)4/h5-8,14-15H,3-4,9-11H2,1-2H3;1-5H;1H3,(H,3,4)/t14-,15-;;/m0../s1. The highest BCUT2D eigenvalue weighted by Gasteiger charge is 2.34. The minimum Gasteiger partial charge on any atom is -0.481 e. The maximum Gasteiger partial charge on any atom is 0.300 e. The molecule has 1 aliphatic rings. The number of hydrogen-bond donors (Lipinski definition) is 1. The van der Waals surface area contributed by atoms with E-state index in [9.17, 15) is 4.79 Å². The maximum absolute atomic E-state index is 12.4. The summed E-state index contributed by atoms with van der Waals surface area (Å²) in [4.78, 5) is 23.4. The minimum atomic E-state index is -0.833. The second kappa shape index (κ2) is 16.0. The van der Waals surface area contributed by atoms with Crippen molar-refractivity contribution in [3.63, 3.8) is 0 Å². The van der Waals surface area contributed by atoms with Gasteiger partial charge in [0, 0.05) is 28.8 Å². The number of rotatable bonds is 6. The number of benzene rings is 2. The van der Waals surface area contributed by atoms with Gasteiger partial charge >= 0.3 is 0 Å². The van der Waals surface area contributed by atoms with Gasteiger partial charge in [0.1, 0.15) is 6.61 Å². The van der Waals surface area contributed by atoms with Crippen LogP contribution in [-0.2, 0) is 14.3 Å². The molecule has 176 valence electrons. The zero-order chi connectivity index (χ0) is 23.9. The number of carbonyl (C=O) groups is 2. The predicted molar refractivity (Wildman–Crippen MR) is 134 cm³/mol. The molecular weight excluding hydrogens is 469 g/mol. The van der Waals surface area contributed by atoms with Gasteiger partial charge in [-0.15, -0.1) is 0 Å². The van der Waals surface area contributed by atoms with Gasteiger partial charge in [0.05, 0.1) is 12.6 Å². The van der Waals surface area contributed by atoms with E-state index in [1.54, 1.807) is 0 Å². The van der Waals surface area contributed by atoms with E-state index in [1.807, 2.05) is 71.3 Å². The third-order valence-corrected chi connectivity index (χ3v) is 6.02. The number of carboxylic acids is 1. The SMILES string of the molecule is CC(=O)O.CCSC[C@H](CC)N1C(=O)COC[C@H]1c1ccc(Cl)cc1.Clc1ccccc1. The molecule has 0 aromatic heterocycles. The highest BCUT2D eigenvalue weighted by atomic mass is 35.5. The summed E-state index contributed by atoms with van der Waals surface area (Å²) in [6.07, 6.45) is 0.961. The summed E-state index contributed by atoms with van der Waals surface area (Å²) in [7, 11) is 0. The molecule has 0 radical (unpaired) electrons. The quantitative estimate of drug-likeness (QED) is 0.512. The van der Waals surface area contributed by atoms with Gasteiger partial charge in [0.2, 0.25) is 5.91 Å². The lowest BCUT2D eigenvalue weighted by molar-refractivity contribution is -0.151. The number of halogens is 2. The summed E-state index contributed by atoms with van der Waals surface area (Å²) in [5.41, 5.74) is 1.09. The van der Waals surface area contributed by atoms with Gasteiger partial charge in [-0.3, -0.25) is 9.59 Å². The first-order valence-corrected chi connectivity index (χ1v) is 12.3. The summed E-state index contributed by atoms with van der Waals surface area (Å²) in [5, 5.41) is 8.92. The van der Waals surface area contributed by atoms with Crippen molar-refractivity contribution in [2.75, 3.05) is 24.7 Å². The Morgan fingerprint density at radius 1 is 1.12 bits per heavy atom. The van der Waals surface area contributed by atoms with E-state index < -0.39 is 5.97 Å². The lowest BCUT2D eigenvalue weighted by Gasteiger charge is -2.41. The van der Waals surface area contributed by atoms with Crippen LogP contribution in [0.5, 0.6) is 0 Å². The number of nitrogens with zero attached hydrogens (tertiary/aromatic N) is 1. The van der Waals surface area contributed by atoms with Gasteiger partial charge in [-0.2, -0.15) is 11.8 Å². The van der Waals surface area contributed by atoms with E-state index in [0.717, 1.165) is 35.4 Å². The molecule has 5 nitrogen and oxygen atoms in total. The molecule has 0 saturated carbocycles. The minimum absolute atomic E-state index is 0.00840. The maximum atomic E-state index is 12.4. The van der Waals surface area contributed by atoms with Crippen LogP contribution >= 0.6 is 35.0 Å². The van der Waals surface area contributed by atoms with E-state index >= 15 is 0 Å². The second-order valence-electron chi connectivity index (χ2n) is 6.92. The van der Waals surface area contributed by atoms with Gasteiger partial charge in [-0.25, -0.2) is 0 Å². The number of carbonyl (C=O) groups excluding carboxylic acids is 1. The average molecular weight is 500 g/mol. The van der Waals surface area contributed by atoms with E-state index in [-0.39, 0.29) is 24.6 Å². The molecule has 2 aromatic carbocycles. The summed E-state index contributed by atoms with van der Waals surface area (Å²) in [6.45, 7) is 6.12. The highest BCUT2D eigenvalue weighted by Crippen LogP contribution is 2.30. The van der Waals surface area contributed by atoms with Gasteiger partial charge < -0.3 is 14.7 Å². The molecular formula is C24H31Cl2NO4S. The van der Waals surface area contributed by atoms with Crippen LogP contribution in [0.4, 0.5) is 0 Å². The van der Waals surface area contributed by atoms with Crippen molar-refractivity contribution in [1.29, 1.82) is 0 Å². The van der Waals surface area contributed by atoms with Crippen molar-refractivity contribution >= 4 is 46.8 Å². The van der Waals surface area contributed by atoms with Crippen molar-refractivity contribution in [1.82, 2.24) is 4.90 Å². The molecule has 1 aliphatic heterocycles. The molecule has 0 bridgehead atoms. The molecule has 1 heterocycles. The van der Waals surface area contributed by atoms with Crippen molar-refractivity contribution in [3.05, 3.63) is 70.2 Å². The fraction of sp³-hybridized carbons (Fsp3) is 0.417. The van der Waals surface area contributed by atoms with Crippen LogP contribution in [0.2, 0.25) is 10.0 Å². The van der Waals surface area contributed by atoms with Crippen molar-refractivity contribution < 1.29 is 19.4 Å². The van der Waals surface area contributed by atoms with E-state index in [2.05, 4.69) is 13.8 Å². The molecule has 0 aliphatic carbocycles. The number of morpholine rings is 1. The molecule has 1 saturated heterocycles. The summed E-state index contributed by atoms with van der Waals surface area (Å²) in [5.74, 6) is 1.30.